The fourth-order valence-corrected chi connectivity index (χ4v) is 2.93. The van der Waals surface area contributed by atoms with Crippen molar-refractivity contribution in [3.8, 4) is 0 Å². The number of nitro groups is 1. The van der Waals surface area contributed by atoms with E-state index in [1.54, 1.807) is 6.92 Å². The standard InChI is InChI=1S/C13H23NO4/c1-4-5-6-13(14(17)18)8-7-12(3,16)11(9-13)10(2)15/h11,16H,4-9H2,1-3H3/t11-,12-,13-/m0/s1. The highest BCUT2D eigenvalue weighted by atomic mass is 16.6. The molecule has 0 bridgehead atoms. The Labute approximate surface area is 108 Å². The number of hydrogen-bond acceptors (Lipinski definition) is 4. The van der Waals surface area contributed by atoms with Crippen LogP contribution in [0.5, 0.6) is 0 Å². The summed E-state index contributed by atoms with van der Waals surface area (Å²) >= 11 is 0. The summed E-state index contributed by atoms with van der Waals surface area (Å²) in [6.07, 6.45) is 3.03. The Morgan fingerprint density at radius 1 is 1.50 bits per heavy atom. The Kier molecular flexibility index (Phi) is 4.48. The maximum absolute atomic E-state index is 11.6. The lowest BCUT2D eigenvalue weighted by Gasteiger charge is -2.42. The van der Waals surface area contributed by atoms with Crippen molar-refractivity contribution < 1.29 is 14.8 Å². The topological polar surface area (TPSA) is 80.4 Å². The summed E-state index contributed by atoms with van der Waals surface area (Å²) in [6.45, 7) is 5.02. The predicted octanol–water partition coefficient (Wildman–Crippen LogP) is 2.33. The summed E-state index contributed by atoms with van der Waals surface area (Å²) in [5.41, 5.74) is -2.12. The lowest BCUT2D eigenvalue weighted by Crippen LogP contribution is -2.53. The van der Waals surface area contributed by atoms with Crippen LogP contribution in [0.1, 0.15) is 59.3 Å². The van der Waals surface area contributed by atoms with E-state index in [0.717, 1.165) is 12.8 Å². The number of rotatable bonds is 5. The van der Waals surface area contributed by atoms with Crippen molar-refractivity contribution in [3.63, 3.8) is 0 Å². The molecular weight excluding hydrogens is 234 g/mol. The first-order valence-electron chi connectivity index (χ1n) is 6.62. The largest absolute Gasteiger partial charge is 0.389 e. The number of unbranched alkanes of at least 4 members (excludes halogenated alkanes) is 1. The van der Waals surface area contributed by atoms with E-state index in [4.69, 9.17) is 0 Å². The zero-order chi connectivity index (χ0) is 14.0. The first-order valence-corrected chi connectivity index (χ1v) is 6.62. The second kappa shape index (κ2) is 5.34. The fourth-order valence-electron chi connectivity index (χ4n) is 2.93. The maximum Gasteiger partial charge on any atom is 0.223 e. The number of ketones is 1. The molecule has 1 aliphatic carbocycles. The summed E-state index contributed by atoms with van der Waals surface area (Å²) in [6, 6.07) is 0. The highest BCUT2D eigenvalue weighted by Gasteiger charge is 2.54. The second-order valence-electron chi connectivity index (χ2n) is 5.81. The Balaban J connectivity index is 2.95. The van der Waals surface area contributed by atoms with Gasteiger partial charge in [-0.25, -0.2) is 0 Å². The Morgan fingerprint density at radius 3 is 2.56 bits per heavy atom. The average molecular weight is 257 g/mol. The van der Waals surface area contributed by atoms with Gasteiger partial charge >= 0.3 is 0 Å². The molecule has 0 heterocycles. The number of Topliss-reactive ketones (excluding diaryl/α,β-unsaturated/α-hetero) is 1. The number of carbonyl (C=O) groups excluding carboxylic acids is 1. The van der Waals surface area contributed by atoms with Crippen molar-refractivity contribution in [1.29, 1.82) is 0 Å². The van der Waals surface area contributed by atoms with E-state index in [1.165, 1.54) is 6.92 Å². The smallest absolute Gasteiger partial charge is 0.223 e. The third-order valence-electron chi connectivity index (χ3n) is 4.30. The molecule has 1 aliphatic rings. The molecule has 0 aliphatic heterocycles. The van der Waals surface area contributed by atoms with Crippen LogP contribution in [0.3, 0.4) is 0 Å². The molecule has 3 atom stereocenters. The highest BCUT2D eigenvalue weighted by Crippen LogP contribution is 2.43. The Hall–Kier alpha value is -0.970. The second-order valence-corrected chi connectivity index (χ2v) is 5.81. The Morgan fingerprint density at radius 2 is 2.11 bits per heavy atom. The molecule has 5 nitrogen and oxygen atoms in total. The van der Waals surface area contributed by atoms with E-state index in [-0.39, 0.29) is 17.1 Å². The van der Waals surface area contributed by atoms with Crippen LogP contribution in [0.15, 0.2) is 0 Å². The molecule has 0 aromatic carbocycles. The van der Waals surface area contributed by atoms with E-state index in [1.807, 2.05) is 6.92 Å². The summed E-state index contributed by atoms with van der Waals surface area (Å²) in [4.78, 5) is 22.8. The predicted molar refractivity (Wildman–Crippen MR) is 67.9 cm³/mol. The third-order valence-corrected chi connectivity index (χ3v) is 4.30. The van der Waals surface area contributed by atoms with Gasteiger partial charge in [-0.15, -0.1) is 0 Å². The molecule has 0 amide bonds. The summed E-state index contributed by atoms with van der Waals surface area (Å²) in [5.74, 6) is -0.768. The van der Waals surface area contributed by atoms with E-state index in [9.17, 15) is 20.0 Å². The highest BCUT2D eigenvalue weighted by molar-refractivity contribution is 5.79. The van der Waals surface area contributed by atoms with Gasteiger partial charge in [-0.05, 0) is 26.7 Å². The molecule has 0 saturated heterocycles. The molecular formula is C13H23NO4. The first kappa shape index (κ1) is 15.1. The van der Waals surface area contributed by atoms with Crippen molar-refractivity contribution in [3.05, 3.63) is 10.1 Å². The quantitative estimate of drug-likeness (QED) is 0.605. The molecule has 104 valence electrons. The van der Waals surface area contributed by atoms with Crippen molar-refractivity contribution in [2.45, 2.75) is 70.4 Å². The van der Waals surface area contributed by atoms with Gasteiger partial charge in [-0.3, -0.25) is 14.9 Å². The van der Waals surface area contributed by atoms with Gasteiger partial charge in [-0.2, -0.15) is 0 Å². The Bertz CT molecular complexity index is 340. The van der Waals surface area contributed by atoms with Crippen molar-refractivity contribution >= 4 is 5.78 Å². The number of nitrogens with zero attached hydrogens (tertiary/aromatic N) is 1. The zero-order valence-electron chi connectivity index (χ0n) is 11.4. The lowest BCUT2D eigenvalue weighted by atomic mass is 9.65. The summed E-state index contributed by atoms with van der Waals surface area (Å²) in [7, 11) is 0. The van der Waals surface area contributed by atoms with Crippen LogP contribution in [0.4, 0.5) is 0 Å². The number of hydrogen-bond donors (Lipinski definition) is 1. The van der Waals surface area contributed by atoms with Gasteiger partial charge in [0.05, 0.1) is 11.5 Å². The van der Waals surface area contributed by atoms with Gasteiger partial charge in [-0.1, -0.05) is 13.3 Å². The van der Waals surface area contributed by atoms with E-state index >= 15 is 0 Å². The van der Waals surface area contributed by atoms with Crippen LogP contribution in [0.2, 0.25) is 0 Å². The molecule has 0 aromatic heterocycles. The molecule has 1 fully saturated rings. The minimum absolute atomic E-state index is 0.151. The van der Waals surface area contributed by atoms with E-state index in [0.29, 0.717) is 19.3 Å². The van der Waals surface area contributed by atoms with Gasteiger partial charge in [0.1, 0.15) is 5.78 Å². The number of carbonyl (C=O) groups is 1. The SMILES string of the molecule is CCCC[C@]1([N+](=O)[O-])CC[C@](C)(O)[C@H](C(C)=O)C1. The fraction of sp³-hybridized carbons (Fsp3) is 0.923. The third kappa shape index (κ3) is 2.88. The average Bonchev–Trinajstić information content (AvgIpc) is 2.27. The minimum Gasteiger partial charge on any atom is -0.389 e. The van der Waals surface area contributed by atoms with Crippen LogP contribution in [0, 0.1) is 16.0 Å². The van der Waals surface area contributed by atoms with Crippen LogP contribution in [0.25, 0.3) is 0 Å². The summed E-state index contributed by atoms with van der Waals surface area (Å²) < 4.78 is 0. The van der Waals surface area contributed by atoms with E-state index in [2.05, 4.69) is 0 Å². The van der Waals surface area contributed by atoms with Crippen LogP contribution in [-0.2, 0) is 4.79 Å². The molecule has 0 unspecified atom stereocenters. The monoisotopic (exact) mass is 257 g/mol. The minimum atomic E-state index is -1.10. The summed E-state index contributed by atoms with van der Waals surface area (Å²) in [5, 5.41) is 21.6. The molecule has 0 radical (unpaired) electrons. The first-order chi connectivity index (χ1) is 8.25. The number of aliphatic hydroxyl groups is 1. The zero-order valence-corrected chi connectivity index (χ0v) is 11.4. The van der Waals surface area contributed by atoms with Gasteiger partial charge in [0.25, 0.3) is 0 Å². The molecule has 0 spiro atoms. The van der Waals surface area contributed by atoms with Gasteiger partial charge in [0.2, 0.25) is 5.54 Å². The maximum atomic E-state index is 11.6. The van der Waals surface area contributed by atoms with Crippen LogP contribution >= 0.6 is 0 Å². The van der Waals surface area contributed by atoms with Crippen molar-refractivity contribution in [2.75, 3.05) is 0 Å². The molecule has 0 aromatic rings. The van der Waals surface area contributed by atoms with Crippen molar-refractivity contribution in [2.24, 2.45) is 5.92 Å². The normalized spacial score (nSPS) is 36.3. The van der Waals surface area contributed by atoms with E-state index < -0.39 is 17.1 Å². The van der Waals surface area contributed by atoms with Crippen LogP contribution < -0.4 is 0 Å². The van der Waals surface area contributed by atoms with Gasteiger partial charge < -0.3 is 5.11 Å². The van der Waals surface area contributed by atoms with Gasteiger partial charge in [0.15, 0.2) is 0 Å². The molecule has 1 N–H and O–H groups in total. The molecule has 1 rings (SSSR count). The molecule has 18 heavy (non-hydrogen) atoms. The molecule has 5 heteroatoms. The van der Waals surface area contributed by atoms with Gasteiger partial charge in [0, 0.05) is 24.2 Å². The lowest BCUT2D eigenvalue weighted by molar-refractivity contribution is -0.579. The van der Waals surface area contributed by atoms with Crippen molar-refractivity contribution in [1.82, 2.24) is 0 Å². The van der Waals surface area contributed by atoms with Crippen LogP contribution in [-0.4, -0.2) is 27.0 Å². The molecule has 1 saturated carbocycles.